The Hall–Kier alpha value is -2.56. The Morgan fingerprint density at radius 1 is 1.22 bits per heavy atom. The molecule has 120 valence electrons. The van der Waals surface area contributed by atoms with E-state index in [-0.39, 0.29) is 18.5 Å². The lowest BCUT2D eigenvalue weighted by atomic mass is 9.97. The molecule has 0 bridgehead atoms. The van der Waals surface area contributed by atoms with Crippen molar-refractivity contribution < 1.29 is 14.3 Å². The molecule has 0 spiro atoms. The van der Waals surface area contributed by atoms with Crippen LogP contribution in [0.4, 0.5) is 4.79 Å². The molecule has 1 atom stereocenters. The first-order valence-electron chi connectivity index (χ1n) is 7.79. The smallest absolute Gasteiger partial charge is 0.407 e. The Morgan fingerprint density at radius 2 is 2.00 bits per heavy atom. The van der Waals surface area contributed by atoms with Gasteiger partial charge in [-0.2, -0.15) is 0 Å². The molecular formula is C18H20N2O3. The minimum atomic E-state index is -0.584. The Morgan fingerprint density at radius 3 is 2.83 bits per heavy atom. The lowest BCUT2D eigenvalue weighted by Crippen LogP contribution is -2.39. The van der Waals surface area contributed by atoms with E-state index in [9.17, 15) is 9.59 Å². The van der Waals surface area contributed by atoms with Crippen LogP contribution in [-0.2, 0) is 9.53 Å². The van der Waals surface area contributed by atoms with Crippen LogP contribution in [0.25, 0.3) is 10.8 Å². The topological polar surface area (TPSA) is 58.6 Å². The van der Waals surface area contributed by atoms with Crippen LogP contribution in [-0.4, -0.2) is 37.1 Å². The van der Waals surface area contributed by atoms with Crippen molar-refractivity contribution in [2.24, 2.45) is 0 Å². The molecule has 1 unspecified atom stereocenters. The second-order valence-electron chi connectivity index (χ2n) is 5.66. The number of nitrogens with one attached hydrogen (secondary N) is 1. The van der Waals surface area contributed by atoms with Gasteiger partial charge in [-0.1, -0.05) is 42.5 Å². The number of amides is 2. The maximum absolute atomic E-state index is 12.4. The van der Waals surface area contributed by atoms with Gasteiger partial charge in [0, 0.05) is 6.54 Å². The maximum atomic E-state index is 12.4. The first kappa shape index (κ1) is 15.3. The first-order chi connectivity index (χ1) is 11.2. The van der Waals surface area contributed by atoms with Crippen LogP contribution in [0.1, 0.15) is 24.4 Å². The van der Waals surface area contributed by atoms with Gasteiger partial charge >= 0.3 is 6.09 Å². The lowest BCUT2D eigenvalue weighted by Gasteiger charge is -2.26. The lowest BCUT2D eigenvalue weighted by molar-refractivity contribution is -0.131. The van der Waals surface area contributed by atoms with E-state index in [4.69, 9.17) is 0 Å². The molecule has 1 saturated heterocycles. The number of hydrogen-bond acceptors (Lipinski definition) is 3. The molecule has 0 radical (unpaired) electrons. The van der Waals surface area contributed by atoms with Gasteiger partial charge in [0.25, 0.3) is 0 Å². The van der Waals surface area contributed by atoms with E-state index in [0.29, 0.717) is 0 Å². The molecule has 0 aliphatic carbocycles. The molecule has 0 aromatic heterocycles. The van der Waals surface area contributed by atoms with E-state index in [0.717, 1.165) is 19.4 Å². The number of fused-ring (bicyclic) bond motifs is 1. The fraction of sp³-hybridized carbons (Fsp3) is 0.333. The van der Waals surface area contributed by atoms with Crippen LogP contribution >= 0.6 is 0 Å². The van der Waals surface area contributed by atoms with Crippen LogP contribution < -0.4 is 5.32 Å². The summed E-state index contributed by atoms with van der Waals surface area (Å²) in [6.45, 7) is 0.684. The summed E-state index contributed by atoms with van der Waals surface area (Å²) in [5.74, 6) is -0.0779. The van der Waals surface area contributed by atoms with Gasteiger partial charge in [-0.15, -0.1) is 0 Å². The highest BCUT2D eigenvalue weighted by Gasteiger charge is 2.30. The van der Waals surface area contributed by atoms with E-state index < -0.39 is 6.09 Å². The Kier molecular flexibility index (Phi) is 4.46. The molecule has 1 aliphatic heterocycles. The number of methoxy groups -OCH3 is 1. The SMILES string of the molecule is COC(=O)NCC(=O)N1CCCC1c1cccc2ccccc12. The van der Waals surface area contributed by atoms with E-state index in [1.807, 2.05) is 23.1 Å². The number of carbonyl (C=O) groups is 2. The summed E-state index contributed by atoms with van der Waals surface area (Å²) >= 11 is 0. The van der Waals surface area contributed by atoms with E-state index in [2.05, 4.69) is 34.3 Å². The minimum absolute atomic E-state index is 0.0338. The highest BCUT2D eigenvalue weighted by Crippen LogP contribution is 2.35. The predicted molar refractivity (Wildman–Crippen MR) is 88.0 cm³/mol. The average Bonchev–Trinajstić information content (AvgIpc) is 3.08. The number of carbonyl (C=O) groups excluding carboxylic acids is 2. The summed E-state index contributed by atoms with van der Waals surface area (Å²) in [7, 11) is 1.29. The molecule has 0 saturated carbocycles. The number of nitrogens with zero attached hydrogens (tertiary/aromatic N) is 1. The van der Waals surface area contributed by atoms with Gasteiger partial charge in [-0.25, -0.2) is 4.79 Å². The van der Waals surface area contributed by atoms with Crippen molar-refractivity contribution in [2.75, 3.05) is 20.2 Å². The van der Waals surface area contributed by atoms with Crippen molar-refractivity contribution in [1.29, 1.82) is 0 Å². The standard InChI is InChI=1S/C18H20N2O3/c1-23-18(22)19-12-17(21)20-11-5-10-16(20)15-9-4-7-13-6-2-3-8-14(13)15/h2-4,6-9,16H,5,10-12H2,1H3,(H,19,22). The second kappa shape index (κ2) is 6.69. The van der Waals surface area contributed by atoms with Gasteiger partial charge in [0.1, 0.15) is 6.54 Å². The van der Waals surface area contributed by atoms with E-state index in [1.165, 1.54) is 23.4 Å². The molecule has 2 aromatic rings. The fourth-order valence-corrected chi connectivity index (χ4v) is 3.25. The Bertz CT molecular complexity index is 724. The monoisotopic (exact) mass is 312 g/mol. The number of ether oxygens (including phenoxy) is 1. The van der Waals surface area contributed by atoms with Gasteiger partial charge in [0.2, 0.25) is 5.91 Å². The normalized spacial score (nSPS) is 17.3. The van der Waals surface area contributed by atoms with Crippen molar-refractivity contribution in [2.45, 2.75) is 18.9 Å². The summed E-state index contributed by atoms with van der Waals surface area (Å²) in [4.78, 5) is 25.5. The third-order valence-electron chi connectivity index (χ3n) is 4.32. The summed E-state index contributed by atoms with van der Waals surface area (Å²) in [6.07, 6.45) is 1.33. The van der Waals surface area contributed by atoms with E-state index >= 15 is 0 Å². The Balaban J connectivity index is 1.83. The molecule has 5 heteroatoms. The minimum Gasteiger partial charge on any atom is -0.453 e. The zero-order chi connectivity index (χ0) is 16.2. The van der Waals surface area contributed by atoms with Gasteiger partial charge in [0.15, 0.2) is 0 Å². The van der Waals surface area contributed by atoms with Gasteiger partial charge in [0.05, 0.1) is 13.2 Å². The van der Waals surface area contributed by atoms with Crippen LogP contribution in [0, 0.1) is 0 Å². The fourth-order valence-electron chi connectivity index (χ4n) is 3.25. The number of likely N-dealkylation sites (tertiary alicyclic amines) is 1. The molecule has 23 heavy (non-hydrogen) atoms. The zero-order valence-electron chi connectivity index (χ0n) is 13.1. The number of benzene rings is 2. The van der Waals surface area contributed by atoms with Crippen LogP contribution in [0.3, 0.4) is 0 Å². The van der Waals surface area contributed by atoms with Gasteiger partial charge in [-0.3, -0.25) is 4.79 Å². The van der Waals surface area contributed by atoms with Crippen LogP contribution in [0.15, 0.2) is 42.5 Å². The largest absolute Gasteiger partial charge is 0.453 e. The maximum Gasteiger partial charge on any atom is 0.407 e. The summed E-state index contributed by atoms with van der Waals surface area (Å²) < 4.78 is 4.51. The molecule has 2 aromatic carbocycles. The zero-order valence-corrected chi connectivity index (χ0v) is 13.1. The molecule has 5 nitrogen and oxygen atoms in total. The van der Waals surface area contributed by atoms with E-state index in [1.54, 1.807) is 0 Å². The number of hydrogen-bond donors (Lipinski definition) is 1. The van der Waals surface area contributed by atoms with Crippen molar-refractivity contribution in [3.8, 4) is 0 Å². The summed E-state index contributed by atoms with van der Waals surface area (Å²) in [6, 6.07) is 14.5. The Labute approximate surface area is 135 Å². The molecule has 2 amide bonds. The first-order valence-corrected chi connectivity index (χ1v) is 7.79. The van der Waals surface area contributed by atoms with Crippen molar-refractivity contribution in [1.82, 2.24) is 10.2 Å². The quantitative estimate of drug-likeness (QED) is 0.948. The molecule has 1 fully saturated rings. The molecular weight excluding hydrogens is 292 g/mol. The highest BCUT2D eigenvalue weighted by molar-refractivity contribution is 5.87. The second-order valence-corrected chi connectivity index (χ2v) is 5.66. The molecule has 1 heterocycles. The van der Waals surface area contributed by atoms with Gasteiger partial charge in [-0.05, 0) is 29.2 Å². The summed E-state index contributed by atoms with van der Waals surface area (Å²) in [5, 5.41) is 4.82. The van der Waals surface area contributed by atoms with Crippen molar-refractivity contribution >= 4 is 22.8 Å². The average molecular weight is 312 g/mol. The number of alkyl carbamates (subject to hydrolysis) is 1. The van der Waals surface area contributed by atoms with Crippen LogP contribution in [0.5, 0.6) is 0 Å². The summed E-state index contributed by atoms with van der Waals surface area (Å²) in [5.41, 5.74) is 1.17. The predicted octanol–water partition coefficient (Wildman–Crippen LogP) is 2.86. The van der Waals surface area contributed by atoms with Gasteiger partial charge < -0.3 is 15.0 Å². The highest BCUT2D eigenvalue weighted by atomic mass is 16.5. The third-order valence-corrected chi connectivity index (χ3v) is 4.32. The van der Waals surface area contributed by atoms with Crippen molar-refractivity contribution in [3.63, 3.8) is 0 Å². The van der Waals surface area contributed by atoms with Crippen molar-refractivity contribution in [3.05, 3.63) is 48.0 Å². The van der Waals surface area contributed by atoms with Crippen LogP contribution in [0.2, 0.25) is 0 Å². The molecule has 1 aliphatic rings. The number of rotatable bonds is 3. The molecule has 3 rings (SSSR count). The molecule has 1 N–H and O–H groups in total. The third kappa shape index (κ3) is 3.13.